The number of anilines is 1. The molecule has 5 rings (SSSR count). The number of benzene rings is 2. The van der Waals surface area contributed by atoms with Crippen LogP contribution in [0.3, 0.4) is 0 Å². The summed E-state index contributed by atoms with van der Waals surface area (Å²) in [5.41, 5.74) is 5.64. The Labute approximate surface area is 208 Å². The van der Waals surface area contributed by atoms with Crippen LogP contribution in [0.1, 0.15) is 17.0 Å². The highest BCUT2D eigenvalue weighted by atomic mass is 79.9. The lowest BCUT2D eigenvalue weighted by molar-refractivity contribution is -0.113. The number of carbonyl (C=O) groups is 1. The van der Waals surface area contributed by atoms with E-state index in [-0.39, 0.29) is 5.91 Å². The number of tetrazole rings is 1. The Kier molecular flexibility index (Phi) is 5.73. The number of halogens is 1. The van der Waals surface area contributed by atoms with E-state index in [0.717, 1.165) is 38.4 Å². The van der Waals surface area contributed by atoms with Crippen LogP contribution in [-0.2, 0) is 4.79 Å². The van der Waals surface area contributed by atoms with E-state index in [1.165, 1.54) is 11.8 Å². The molecule has 1 fully saturated rings. The van der Waals surface area contributed by atoms with Crippen molar-refractivity contribution < 1.29 is 4.79 Å². The molecule has 0 radical (unpaired) electrons. The van der Waals surface area contributed by atoms with E-state index in [1.54, 1.807) is 4.90 Å². The minimum absolute atomic E-state index is 0.115. The first-order valence-electron chi connectivity index (χ1n) is 9.99. The third kappa shape index (κ3) is 4.05. The first kappa shape index (κ1) is 21.7. The Morgan fingerprint density at radius 3 is 2.61 bits per heavy atom. The molecule has 1 N–H and O–H groups in total. The number of amides is 1. The summed E-state index contributed by atoms with van der Waals surface area (Å²) in [6, 6.07) is 17.6. The van der Waals surface area contributed by atoms with Crippen LogP contribution in [0.2, 0.25) is 0 Å². The summed E-state index contributed by atoms with van der Waals surface area (Å²) in [5, 5.41) is 14.3. The Hall–Kier alpha value is -3.08. The van der Waals surface area contributed by atoms with Crippen LogP contribution < -0.4 is 4.90 Å². The summed E-state index contributed by atoms with van der Waals surface area (Å²) < 4.78 is 3.61. The third-order valence-electron chi connectivity index (χ3n) is 5.34. The lowest BCUT2D eigenvalue weighted by Gasteiger charge is -2.14. The summed E-state index contributed by atoms with van der Waals surface area (Å²) in [6.07, 6.45) is 1.92. The van der Waals surface area contributed by atoms with Gasteiger partial charge in [0.1, 0.15) is 0 Å². The smallest absolute Gasteiger partial charge is 0.270 e. The van der Waals surface area contributed by atoms with E-state index >= 15 is 0 Å². The minimum atomic E-state index is -0.115. The van der Waals surface area contributed by atoms with Gasteiger partial charge in [0.25, 0.3) is 5.91 Å². The second-order valence-corrected chi connectivity index (χ2v) is 10.0. The molecule has 7 nitrogen and oxygen atoms in total. The zero-order valence-electron chi connectivity index (χ0n) is 17.6. The highest BCUT2D eigenvalue weighted by Gasteiger charge is 2.33. The number of hydrogen-bond acceptors (Lipinski definition) is 6. The van der Waals surface area contributed by atoms with Gasteiger partial charge < -0.3 is 4.57 Å². The van der Waals surface area contributed by atoms with Gasteiger partial charge in [-0.1, -0.05) is 52.0 Å². The molecule has 2 aromatic carbocycles. The zero-order valence-corrected chi connectivity index (χ0v) is 20.8. The standard InChI is InChI=1S/C23H17BrN6OS2/c1-13-10-16(12-20-22(31)30(23(32)33-20)18-8-6-17(24)7-9-18)14(2)29(13)19-5-3-4-15(11-19)21-25-27-28-26-21/h3-12H,1-2H3,(H,25,26,27,28)/b20-12-. The van der Waals surface area contributed by atoms with Gasteiger partial charge in [-0.15, -0.1) is 10.2 Å². The monoisotopic (exact) mass is 536 g/mol. The molecule has 0 spiro atoms. The fourth-order valence-corrected chi connectivity index (χ4v) is 5.38. The number of hydrogen-bond donors (Lipinski definition) is 1. The molecule has 0 aliphatic carbocycles. The second-order valence-electron chi connectivity index (χ2n) is 7.44. The van der Waals surface area contributed by atoms with Crippen molar-refractivity contribution in [2.24, 2.45) is 0 Å². The van der Waals surface area contributed by atoms with Gasteiger partial charge in [-0.2, -0.15) is 5.21 Å². The molecule has 1 aliphatic rings. The molecule has 164 valence electrons. The van der Waals surface area contributed by atoms with Crippen molar-refractivity contribution >= 4 is 61.9 Å². The van der Waals surface area contributed by atoms with Gasteiger partial charge >= 0.3 is 0 Å². The number of thiocarbonyl (C=S) groups is 1. The highest BCUT2D eigenvalue weighted by Crippen LogP contribution is 2.37. The van der Waals surface area contributed by atoms with Crippen molar-refractivity contribution in [3.05, 3.63) is 80.9 Å². The molecule has 1 amide bonds. The van der Waals surface area contributed by atoms with Crippen LogP contribution in [0.4, 0.5) is 5.69 Å². The molecule has 0 unspecified atom stereocenters. The predicted octanol–water partition coefficient (Wildman–Crippen LogP) is 5.44. The quantitative estimate of drug-likeness (QED) is 0.276. The third-order valence-corrected chi connectivity index (χ3v) is 7.17. The predicted molar refractivity (Wildman–Crippen MR) is 138 cm³/mol. The number of aromatic nitrogens is 5. The van der Waals surface area contributed by atoms with E-state index in [0.29, 0.717) is 15.1 Å². The molecule has 4 aromatic rings. The molecule has 1 saturated heterocycles. The summed E-state index contributed by atoms with van der Waals surface area (Å²) in [6.45, 7) is 4.08. The molecule has 0 saturated carbocycles. The Bertz CT molecular complexity index is 1410. The number of aryl methyl sites for hydroxylation is 1. The largest absolute Gasteiger partial charge is 0.318 e. The summed E-state index contributed by atoms with van der Waals surface area (Å²) in [4.78, 5) is 15.3. The maximum absolute atomic E-state index is 13.2. The van der Waals surface area contributed by atoms with Gasteiger partial charge in [0, 0.05) is 27.1 Å². The lowest BCUT2D eigenvalue weighted by Crippen LogP contribution is -2.27. The molecule has 1 aliphatic heterocycles. The van der Waals surface area contributed by atoms with Crippen molar-refractivity contribution in [3.8, 4) is 17.1 Å². The van der Waals surface area contributed by atoms with Gasteiger partial charge in [0.05, 0.1) is 10.6 Å². The molecule has 3 heterocycles. The number of thioether (sulfide) groups is 1. The number of aromatic amines is 1. The zero-order chi connectivity index (χ0) is 23.1. The van der Waals surface area contributed by atoms with Gasteiger partial charge in [-0.25, -0.2) is 0 Å². The molecule has 33 heavy (non-hydrogen) atoms. The van der Waals surface area contributed by atoms with Crippen molar-refractivity contribution in [2.75, 3.05) is 4.90 Å². The first-order valence-corrected chi connectivity index (χ1v) is 12.0. The van der Waals surface area contributed by atoms with E-state index in [9.17, 15) is 4.79 Å². The number of rotatable bonds is 4. The highest BCUT2D eigenvalue weighted by molar-refractivity contribution is 9.10. The lowest BCUT2D eigenvalue weighted by atomic mass is 10.2. The molecule has 10 heteroatoms. The van der Waals surface area contributed by atoms with Gasteiger partial charge in [0.15, 0.2) is 4.32 Å². The first-order chi connectivity index (χ1) is 15.9. The van der Waals surface area contributed by atoms with Gasteiger partial charge in [-0.3, -0.25) is 9.69 Å². The SMILES string of the molecule is Cc1cc(/C=C2\SC(=S)N(c3ccc(Br)cc3)C2=O)c(C)n1-c1cccc(-c2nn[nH]n2)c1. The van der Waals surface area contributed by atoms with E-state index in [2.05, 4.69) is 47.2 Å². The van der Waals surface area contributed by atoms with Crippen molar-refractivity contribution in [1.29, 1.82) is 0 Å². The average Bonchev–Trinajstić information content (AvgIpc) is 3.49. The van der Waals surface area contributed by atoms with Crippen LogP contribution >= 0.6 is 39.9 Å². The fraction of sp³-hybridized carbons (Fsp3) is 0.0870. The van der Waals surface area contributed by atoms with Gasteiger partial charge in [-0.05, 0) is 73.2 Å². The maximum atomic E-state index is 13.2. The van der Waals surface area contributed by atoms with Crippen LogP contribution in [-0.4, -0.2) is 35.4 Å². The van der Waals surface area contributed by atoms with E-state index < -0.39 is 0 Å². The maximum Gasteiger partial charge on any atom is 0.270 e. The van der Waals surface area contributed by atoms with Crippen LogP contribution in [0.5, 0.6) is 0 Å². The Balaban J connectivity index is 1.49. The molecule has 2 aromatic heterocycles. The van der Waals surface area contributed by atoms with E-state index in [1.807, 2.05) is 68.5 Å². The normalized spacial score (nSPS) is 15.1. The number of carbonyl (C=O) groups excluding carboxylic acids is 1. The summed E-state index contributed by atoms with van der Waals surface area (Å²) in [5.74, 6) is 0.424. The average molecular weight is 537 g/mol. The topological polar surface area (TPSA) is 79.7 Å². The minimum Gasteiger partial charge on any atom is -0.318 e. The second kappa shape index (κ2) is 8.69. The van der Waals surface area contributed by atoms with Crippen molar-refractivity contribution in [1.82, 2.24) is 25.2 Å². The van der Waals surface area contributed by atoms with Gasteiger partial charge in [0.2, 0.25) is 5.82 Å². The van der Waals surface area contributed by atoms with E-state index in [4.69, 9.17) is 12.2 Å². The van der Waals surface area contributed by atoms with Crippen LogP contribution in [0.15, 0.2) is 64.0 Å². The summed E-state index contributed by atoms with van der Waals surface area (Å²) >= 11 is 10.3. The summed E-state index contributed by atoms with van der Waals surface area (Å²) in [7, 11) is 0. The van der Waals surface area contributed by atoms with Crippen molar-refractivity contribution in [3.63, 3.8) is 0 Å². The molecular weight excluding hydrogens is 520 g/mol. The number of nitrogens with one attached hydrogen (secondary N) is 1. The fourth-order valence-electron chi connectivity index (χ4n) is 3.82. The van der Waals surface area contributed by atoms with Crippen LogP contribution in [0, 0.1) is 13.8 Å². The molecule has 0 bridgehead atoms. The molecular formula is C23H17BrN6OS2. The molecule has 0 atom stereocenters. The van der Waals surface area contributed by atoms with Crippen molar-refractivity contribution in [2.45, 2.75) is 13.8 Å². The number of H-pyrrole nitrogens is 1. The Morgan fingerprint density at radius 2 is 1.88 bits per heavy atom. The number of nitrogens with zero attached hydrogens (tertiary/aromatic N) is 5. The Morgan fingerprint density at radius 1 is 1.09 bits per heavy atom. The van der Waals surface area contributed by atoms with Crippen LogP contribution in [0.25, 0.3) is 23.2 Å².